The second-order valence-electron chi connectivity index (χ2n) is 5.04. The van der Waals surface area contributed by atoms with E-state index in [1.165, 1.54) is 19.3 Å². The zero-order valence-corrected chi connectivity index (χ0v) is 9.92. The van der Waals surface area contributed by atoms with Crippen molar-refractivity contribution in [2.45, 2.75) is 63.5 Å². The van der Waals surface area contributed by atoms with Gasteiger partial charge in [-0.25, -0.2) is 0 Å². The van der Waals surface area contributed by atoms with E-state index in [2.05, 4.69) is 25.9 Å². The SMILES string of the molecule is CCCC[C@@]1(O)CCC[C@H](N(C)C)C1. The molecule has 0 aliphatic heterocycles. The molecule has 0 aromatic carbocycles. The van der Waals surface area contributed by atoms with Crippen LogP contribution < -0.4 is 0 Å². The molecule has 1 rings (SSSR count). The summed E-state index contributed by atoms with van der Waals surface area (Å²) in [4.78, 5) is 2.26. The van der Waals surface area contributed by atoms with Crippen LogP contribution in [-0.4, -0.2) is 35.7 Å². The molecule has 1 fully saturated rings. The average molecular weight is 199 g/mol. The van der Waals surface area contributed by atoms with Crippen LogP contribution >= 0.6 is 0 Å². The van der Waals surface area contributed by atoms with Gasteiger partial charge in [-0.1, -0.05) is 19.8 Å². The lowest BCUT2D eigenvalue weighted by Gasteiger charge is -2.39. The Hall–Kier alpha value is -0.0800. The van der Waals surface area contributed by atoms with E-state index in [1.807, 2.05) is 0 Å². The molecule has 0 spiro atoms. The van der Waals surface area contributed by atoms with Gasteiger partial charge in [-0.2, -0.15) is 0 Å². The molecule has 2 atom stereocenters. The number of rotatable bonds is 4. The second kappa shape index (κ2) is 5.13. The molecule has 0 aromatic heterocycles. The topological polar surface area (TPSA) is 23.5 Å². The molecule has 0 amide bonds. The molecule has 2 heteroatoms. The Morgan fingerprint density at radius 3 is 2.71 bits per heavy atom. The van der Waals surface area contributed by atoms with Crippen molar-refractivity contribution >= 4 is 0 Å². The van der Waals surface area contributed by atoms with E-state index < -0.39 is 0 Å². The number of unbranched alkanes of at least 4 members (excludes halogenated alkanes) is 1. The van der Waals surface area contributed by atoms with E-state index in [1.54, 1.807) is 0 Å². The Morgan fingerprint density at radius 1 is 1.43 bits per heavy atom. The van der Waals surface area contributed by atoms with E-state index in [4.69, 9.17) is 0 Å². The first-order valence-electron chi connectivity index (χ1n) is 5.96. The lowest BCUT2D eigenvalue weighted by atomic mass is 9.78. The van der Waals surface area contributed by atoms with Gasteiger partial charge in [0.05, 0.1) is 5.60 Å². The molecule has 0 radical (unpaired) electrons. The quantitative estimate of drug-likeness (QED) is 0.751. The average Bonchev–Trinajstić information content (AvgIpc) is 2.15. The maximum Gasteiger partial charge on any atom is 0.0662 e. The molecule has 1 aliphatic rings. The standard InChI is InChI=1S/C12H25NO/c1-4-5-8-12(14)9-6-7-11(10-12)13(2)3/h11,14H,4-10H2,1-3H3/t11-,12+/m0/s1. The van der Waals surface area contributed by atoms with Gasteiger partial charge in [-0.3, -0.25) is 0 Å². The number of nitrogens with zero attached hydrogens (tertiary/aromatic N) is 1. The highest BCUT2D eigenvalue weighted by Crippen LogP contribution is 2.33. The van der Waals surface area contributed by atoms with Gasteiger partial charge in [-0.15, -0.1) is 0 Å². The first-order valence-corrected chi connectivity index (χ1v) is 5.96. The Morgan fingerprint density at radius 2 is 2.14 bits per heavy atom. The summed E-state index contributed by atoms with van der Waals surface area (Å²) in [5.74, 6) is 0. The van der Waals surface area contributed by atoms with Crippen molar-refractivity contribution in [2.75, 3.05) is 14.1 Å². The van der Waals surface area contributed by atoms with Crippen LogP contribution in [0.15, 0.2) is 0 Å². The van der Waals surface area contributed by atoms with Crippen LogP contribution in [0, 0.1) is 0 Å². The Balaban J connectivity index is 2.44. The first-order chi connectivity index (χ1) is 6.57. The number of hydrogen-bond acceptors (Lipinski definition) is 2. The van der Waals surface area contributed by atoms with Gasteiger partial charge in [0.25, 0.3) is 0 Å². The summed E-state index contributed by atoms with van der Waals surface area (Å²) in [5.41, 5.74) is -0.358. The minimum atomic E-state index is -0.358. The van der Waals surface area contributed by atoms with Gasteiger partial charge in [0, 0.05) is 6.04 Å². The lowest BCUT2D eigenvalue weighted by molar-refractivity contribution is -0.0308. The maximum absolute atomic E-state index is 10.4. The fraction of sp³-hybridized carbons (Fsp3) is 1.00. The van der Waals surface area contributed by atoms with E-state index in [0.717, 1.165) is 25.7 Å². The summed E-state index contributed by atoms with van der Waals surface area (Å²) in [6.07, 6.45) is 7.77. The Labute approximate surface area is 88.3 Å². The summed E-state index contributed by atoms with van der Waals surface area (Å²) in [5, 5.41) is 10.4. The van der Waals surface area contributed by atoms with Crippen molar-refractivity contribution in [3.63, 3.8) is 0 Å². The third kappa shape index (κ3) is 3.25. The van der Waals surface area contributed by atoms with Gasteiger partial charge in [0.15, 0.2) is 0 Å². The molecule has 0 bridgehead atoms. The van der Waals surface area contributed by atoms with Gasteiger partial charge in [-0.05, 0) is 46.2 Å². The summed E-state index contributed by atoms with van der Waals surface area (Å²) in [6, 6.07) is 0.589. The Bertz CT molecular complexity index is 170. The molecule has 1 N–H and O–H groups in total. The minimum Gasteiger partial charge on any atom is -0.390 e. The predicted octanol–water partition coefficient (Wildman–Crippen LogP) is 2.41. The fourth-order valence-electron chi connectivity index (χ4n) is 2.48. The highest BCUT2D eigenvalue weighted by Gasteiger charge is 2.34. The number of hydrogen-bond donors (Lipinski definition) is 1. The fourth-order valence-corrected chi connectivity index (χ4v) is 2.48. The zero-order chi connectivity index (χ0) is 10.6. The van der Waals surface area contributed by atoms with Crippen LogP contribution in [0.3, 0.4) is 0 Å². The van der Waals surface area contributed by atoms with Gasteiger partial charge in [0.2, 0.25) is 0 Å². The number of aliphatic hydroxyl groups is 1. The molecule has 0 saturated heterocycles. The third-order valence-electron chi connectivity index (χ3n) is 3.52. The molecule has 1 saturated carbocycles. The largest absolute Gasteiger partial charge is 0.390 e. The normalized spacial score (nSPS) is 33.6. The molecule has 0 unspecified atom stereocenters. The molecule has 14 heavy (non-hydrogen) atoms. The van der Waals surface area contributed by atoms with Crippen molar-refractivity contribution in [1.82, 2.24) is 4.90 Å². The smallest absolute Gasteiger partial charge is 0.0662 e. The van der Waals surface area contributed by atoms with Crippen LogP contribution in [0.2, 0.25) is 0 Å². The van der Waals surface area contributed by atoms with Gasteiger partial charge in [0.1, 0.15) is 0 Å². The van der Waals surface area contributed by atoms with E-state index in [0.29, 0.717) is 6.04 Å². The Kier molecular flexibility index (Phi) is 4.39. The molecule has 2 nitrogen and oxygen atoms in total. The van der Waals surface area contributed by atoms with Crippen LogP contribution in [0.1, 0.15) is 51.9 Å². The summed E-state index contributed by atoms with van der Waals surface area (Å²) in [7, 11) is 4.24. The molecule has 0 aromatic rings. The first kappa shape index (κ1) is 12.0. The monoisotopic (exact) mass is 199 g/mol. The molecular weight excluding hydrogens is 174 g/mol. The van der Waals surface area contributed by atoms with Crippen LogP contribution in [0.5, 0.6) is 0 Å². The molecule has 84 valence electrons. The zero-order valence-electron chi connectivity index (χ0n) is 9.92. The van der Waals surface area contributed by atoms with Crippen LogP contribution in [-0.2, 0) is 0 Å². The lowest BCUT2D eigenvalue weighted by Crippen LogP contribution is -2.43. The van der Waals surface area contributed by atoms with Gasteiger partial charge >= 0.3 is 0 Å². The molecular formula is C12H25NO. The highest BCUT2D eigenvalue weighted by atomic mass is 16.3. The van der Waals surface area contributed by atoms with Crippen LogP contribution in [0.25, 0.3) is 0 Å². The minimum absolute atomic E-state index is 0.358. The van der Waals surface area contributed by atoms with E-state index >= 15 is 0 Å². The van der Waals surface area contributed by atoms with Crippen molar-refractivity contribution < 1.29 is 5.11 Å². The predicted molar refractivity (Wildman–Crippen MR) is 60.4 cm³/mol. The van der Waals surface area contributed by atoms with E-state index in [-0.39, 0.29) is 5.60 Å². The van der Waals surface area contributed by atoms with Crippen molar-refractivity contribution in [3.8, 4) is 0 Å². The summed E-state index contributed by atoms with van der Waals surface area (Å²) >= 11 is 0. The summed E-state index contributed by atoms with van der Waals surface area (Å²) in [6.45, 7) is 2.19. The third-order valence-corrected chi connectivity index (χ3v) is 3.52. The molecule has 0 heterocycles. The second-order valence-corrected chi connectivity index (χ2v) is 5.04. The van der Waals surface area contributed by atoms with Gasteiger partial charge < -0.3 is 10.0 Å². The highest BCUT2D eigenvalue weighted by molar-refractivity contribution is 4.89. The van der Waals surface area contributed by atoms with Crippen molar-refractivity contribution in [1.29, 1.82) is 0 Å². The van der Waals surface area contributed by atoms with Crippen molar-refractivity contribution in [2.24, 2.45) is 0 Å². The molecule has 1 aliphatic carbocycles. The van der Waals surface area contributed by atoms with E-state index in [9.17, 15) is 5.11 Å². The maximum atomic E-state index is 10.4. The van der Waals surface area contributed by atoms with Crippen LogP contribution in [0.4, 0.5) is 0 Å². The van der Waals surface area contributed by atoms with Crippen molar-refractivity contribution in [3.05, 3.63) is 0 Å². The summed E-state index contributed by atoms with van der Waals surface area (Å²) < 4.78 is 0.